The molecular formula is C15H22N2O2. The van der Waals surface area contributed by atoms with E-state index in [-0.39, 0.29) is 17.6 Å². The second-order valence-electron chi connectivity index (χ2n) is 5.59. The molecule has 0 aliphatic carbocycles. The maximum atomic E-state index is 12.1. The molecule has 0 saturated heterocycles. The Labute approximate surface area is 114 Å². The molecule has 4 nitrogen and oxygen atoms in total. The van der Waals surface area contributed by atoms with Crippen molar-refractivity contribution in [2.75, 3.05) is 13.7 Å². The van der Waals surface area contributed by atoms with Crippen LogP contribution < -0.4 is 10.6 Å². The van der Waals surface area contributed by atoms with Crippen LogP contribution in [0.25, 0.3) is 0 Å². The molecule has 1 atom stereocenters. The van der Waals surface area contributed by atoms with Gasteiger partial charge in [-0.15, -0.1) is 0 Å². The molecule has 0 saturated carbocycles. The third-order valence-corrected chi connectivity index (χ3v) is 3.64. The number of amides is 1. The third kappa shape index (κ3) is 3.55. The summed E-state index contributed by atoms with van der Waals surface area (Å²) in [5.74, 6) is 0.0413. The van der Waals surface area contributed by atoms with Crippen LogP contribution >= 0.6 is 0 Å². The maximum Gasteiger partial charge on any atom is 0.237 e. The number of hydrogen-bond acceptors (Lipinski definition) is 3. The number of hydrogen-bond donors (Lipinski definition) is 2. The average molecular weight is 262 g/mol. The summed E-state index contributed by atoms with van der Waals surface area (Å²) in [5, 5.41) is 6.22. The van der Waals surface area contributed by atoms with Crippen molar-refractivity contribution in [1.29, 1.82) is 0 Å². The number of rotatable bonds is 4. The number of fused-ring (bicyclic) bond motifs is 1. The Hall–Kier alpha value is -1.39. The van der Waals surface area contributed by atoms with Crippen LogP contribution in [0, 0.1) is 0 Å². The molecule has 1 unspecified atom stereocenters. The lowest BCUT2D eigenvalue weighted by molar-refractivity contribution is -0.124. The Morgan fingerprint density at radius 2 is 2.11 bits per heavy atom. The summed E-state index contributed by atoms with van der Waals surface area (Å²) < 4.78 is 5.30. The molecule has 0 aromatic heterocycles. The molecule has 2 rings (SSSR count). The van der Waals surface area contributed by atoms with Gasteiger partial charge in [-0.3, -0.25) is 4.79 Å². The molecule has 0 fully saturated rings. The number of benzene rings is 1. The van der Waals surface area contributed by atoms with Gasteiger partial charge in [0.1, 0.15) is 0 Å². The first kappa shape index (κ1) is 14.0. The van der Waals surface area contributed by atoms with Crippen LogP contribution in [0.4, 0.5) is 0 Å². The first-order chi connectivity index (χ1) is 9.02. The van der Waals surface area contributed by atoms with E-state index in [4.69, 9.17) is 4.74 Å². The molecule has 1 aromatic rings. The lowest BCUT2D eigenvalue weighted by atomic mass is 9.95. The van der Waals surface area contributed by atoms with Crippen molar-refractivity contribution in [3.63, 3.8) is 0 Å². The van der Waals surface area contributed by atoms with Gasteiger partial charge in [-0.2, -0.15) is 0 Å². The van der Waals surface area contributed by atoms with Gasteiger partial charge < -0.3 is 15.4 Å². The van der Waals surface area contributed by atoms with E-state index in [0.29, 0.717) is 6.54 Å². The predicted molar refractivity (Wildman–Crippen MR) is 74.9 cm³/mol. The highest BCUT2D eigenvalue weighted by atomic mass is 16.5. The Kier molecular flexibility index (Phi) is 4.22. The first-order valence-electron chi connectivity index (χ1n) is 6.65. The second-order valence-corrected chi connectivity index (χ2v) is 5.59. The standard InChI is InChI=1S/C15H22N2O2/c1-15(2,19-3)10-17-14(18)13-8-11-6-4-5-7-12(11)9-16-13/h4-7,13,16H,8-10H2,1-3H3,(H,17,18). The molecule has 1 heterocycles. The molecule has 1 aliphatic heterocycles. The van der Waals surface area contributed by atoms with Crippen molar-refractivity contribution in [2.24, 2.45) is 0 Å². The minimum Gasteiger partial charge on any atom is -0.377 e. The van der Waals surface area contributed by atoms with Crippen LogP contribution in [0.2, 0.25) is 0 Å². The van der Waals surface area contributed by atoms with Crippen molar-refractivity contribution >= 4 is 5.91 Å². The fourth-order valence-corrected chi connectivity index (χ4v) is 2.14. The number of carbonyl (C=O) groups is 1. The zero-order valence-electron chi connectivity index (χ0n) is 11.8. The number of carbonyl (C=O) groups excluding carboxylic acids is 1. The van der Waals surface area contributed by atoms with Gasteiger partial charge in [0.05, 0.1) is 11.6 Å². The van der Waals surface area contributed by atoms with E-state index >= 15 is 0 Å². The minimum atomic E-state index is -0.331. The molecule has 4 heteroatoms. The van der Waals surface area contributed by atoms with Crippen LogP contribution in [-0.2, 0) is 22.5 Å². The molecule has 0 spiro atoms. The van der Waals surface area contributed by atoms with Crippen molar-refractivity contribution in [2.45, 2.75) is 38.5 Å². The normalized spacial score (nSPS) is 18.8. The summed E-state index contributed by atoms with van der Waals surface area (Å²) in [5.41, 5.74) is 2.21. The third-order valence-electron chi connectivity index (χ3n) is 3.64. The van der Waals surface area contributed by atoms with E-state index in [9.17, 15) is 4.79 Å². The lowest BCUT2D eigenvalue weighted by Crippen LogP contribution is -2.50. The summed E-state index contributed by atoms with van der Waals surface area (Å²) >= 11 is 0. The molecule has 104 valence electrons. The summed E-state index contributed by atoms with van der Waals surface area (Å²) in [6.07, 6.45) is 0.745. The SMILES string of the molecule is COC(C)(C)CNC(=O)C1Cc2ccccc2CN1. The highest BCUT2D eigenvalue weighted by Crippen LogP contribution is 2.16. The monoisotopic (exact) mass is 262 g/mol. The second kappa shape index (κ2) is 5.72. The van der Waals surface area contributed by atoms with Crippen molar-refractivity contribution in [3.8, 4) is 0 Å². The summed E-state index contributed by atoms with van der Waals surface area (Å²) in [4.78, 5) is 12.1. The van der Waals surface area contributed by atoms with Gasteiger partial charge in [-0.1, -0.05) is 24.3 Å². The van der Waals surface area contributed by atoms with Gasteiger partial charge in [-0.05, 0) is 31.4 Å². The average Bonchev–Trinajstić information content (AvgIpc) is 2.44. The van der Waals surface area contributed by atoms with Crippen LogP contribution in [-0.4, -0.2) is 31.2 Å². The van der Waals surface area contributed by atoms with Crippen molar-refractivity contribution in [1.82, 2.24) is 10.6 Å². The lowest BCUT2D eigenvalue weighted by Gasteiger charge is -2.28. The van der Waals surface area contributed by atoms with Gasteiger partial charge in [-0.25, -0.2) is 0 Å². The van der Waals surface area contributed by atoms with Gasteiger partial charge in [0.25, 0.3) is 0 Å². The maximum absolute atomic E-state index is 12.1. The number of nitrogens with one attached hydrogen (secondary N) is 2. The van der Waals surface area contributed by atoms with Crippen LogP contribution in [0.5, 0.6) is 0 Å². The van der Waals surface area contributed by atoms with E-state index in [2.05, 4.69) is 22.8 Å². The van der Waals surface area contributed by atoms with Gasteiger partial charge >= 0.3 is 0 Å². The molecule has 0 radical (unpaired) electrons. The molecule has 2 N–H and O–H groups in total. The molecule has 1 amide bonds. The quantitative estimate of drug-likeness (QED) is 0.858. The summed E-state index contributed by atoms with van der Waals surface area (Å²) in [7, 11) is 1.65. The molecule has 0 bridgehead atoms. The molecule has 1 aliphatic rings. The Morgan fingerprint density at radius 1 is 1.42 bits per heavy atom. The Balaban J connectivity index is 1.92. The van der Waals surface area contributed by atoms with Crippen molar-refractivity contribution < 1.29 is 9.53 Å². The molecule has 1 aromatic carbocycles. The van der Waals surface area contributed by atoms with E-state index in [1.807, 2.05) is 26.0 Å². The topological polar surface area (TPSA) is 50.4 Å². The van der Waals surface area contributed by atoms with Gasteiger partial charge in [0, 0.05) is 20.2 Å². The fourth-order valence-electron chi connectivity index (χ4n) is 2.14. The van der Waals surface area contributed by atoms with Crippen LogP contribution in [0.1, 0.15) is 25.0 Å². The van der Waals surface area contributed by atoms with Gasteiger partial charge in [0.2, 0.25) is 5.91 Å². The predicted octanol–water partition coefficient (Wildman–Crippen LogP) is 1.24. The largest absolute Gasteiger partial charge is 0.377 e. The Bertz CT molecular complexity index is 457. The van der Waals surface area contributed by atoms with E-state index < -0.39 is 0 Å². The smallest absolute Gasteiger partial charge is 0.237 e. The van der Waals surface area contributed by atoms with E-state index in [1.165, 1.54) is 11.1 Å². The van der Waals surface area contributed by atoms with E-state index in [0.717, 1.165) is 13.0 Å². The first-order valence-corrected chi connectivity index (χ1v) is 6.65. The summed E-state index contributed by atoms with van der Waals surface area (Å²) in [6, 6.07) is 8.09. The number of methoxy groups -OCH3 is 1. The van der Waals surface area contributed by atoms with Gasteiger partial charge in [0.15, 0.2) is 0 Å². The zero-order valence-corrected chi connectivity index (χ0v) is 11.8. The fraction of sp³-hybridized carbons (Fsp3) is 0.533. The Morgan fingerprint density at radius 3 is 2.79 bits per heavy atom. The van der Waals surface area contributed by atoms with Crippen LogP contribution in [0.3, 0.4) is 0 Å². The van der Waals surface area contributed by atoms with Crippen LogP contribution in [0.15, 0.2) is 24.3 Å². The van der Waals surface area contributed by atoms with E-state index in [1.54, 1.807) is 7.11 Å². The van der Waals surface area contributed by atoms with Crippen molar-refractivity contribution in [3.05, 3.63) is 35.4 Å². The highest BCUT2D eigenvalue weighted by molar-refractivity contribution is 5.82. The molecule has 19 heavy (non-hydrogen) atoms. The highest BCUT2D eigenvalue weighted by Gasteiger charge is 2.25. The number of ether oxygens (including phenoxy) is 1. The molecular weight excluding hydrogens is 240 g/mol. The minimum absolute atomic E-state index is 0.0413. The summed E-state index contributed by atoms with van der Waals surface area (Å²) in [6.45, 7) is 5.18. The zero-order chi connectivity index (χ0) is 13.9.